The molecule has 1 rings (SSSR count). The van der Waals surface area contributed by atoms with Crippen LogP contribution in [0.25, 0.3) is 0 Å². The molecule has 0 radical (unpaired) electrons. The maximum atomic E-state index is 11.6. The number of anilines is 1. The van der Waals surface area contributed by atoms with E-state index in [0.29, 0.717) is 12.2 Å². The molecule has 0 fully saturated rings. The van der Waals surface area contributed by atoms with Crippen LogP contribution in [0, 0.1) is 0 Å². The standard InChI is InChI=1S/C16H24BrNO2/c1-3-5-6-7-8-11-18-15-10-9-13(12-14(15)17)16(19)20-4-2/h9-10,12,18H,3-8,11H2,1-2H3. The zero-order valence-corrected chi connectivity index (χ0v) is 14.0. The quantitative estimate of drug-likeness (QED) is 0.506. The van der Waals surface area contributed by atoms with Gasteiger partial charge in [0.1, 0.15) is 0 Å². The van der Waals surface area contributed by atoms with Crippen molar-refractivity contribution in [2.75, 3.05) is 18.5 Å². The third-order valence-electron chi connectivity index (χ3n) is 3.08. The predicted octanol–water partition coefficient (Wildman–Crippen LogP) is 5.01. The third-order valence-corrected chi connectivity index (χ3v) is 3.73. The molecule has 20 heavy (non-hydrogen) atoms. The van der Waals surface area contributed by atoms with Crippen LogP contribution >= 0.6 is 15.9 Å². The molecule has 0 aliphatic heterocycles. The van der Waals surface area contributed by atoms with E-state index in [1.54, 1.807) is 19.1 Å². The fraction of sp³-hybridized carbons (Fsp3) is 0.562. The number of ether oxygens (including phenoxy) is 1. The van der Waals surface area contributed by atoms with Crippen molar-refractivity contribution in [3.05, 3.63) is 28.2 Å². The average molecular weight is 342 g/mol. The van der Waals surface area contributed by atoms with Crippen molar-refractivity contribution in [1.82, 2.24) is 0 Å². The first-order valence-electron chi connectivity index (χ1n) is 7.39. The van der Waals surface area contributed by atoms with Gasteiger partial charge in [-0.1, -0.05) is 32.6 Å². The summed E-state index contributed by atoms with van der Waals surface area (Å²) in [7, 11) is 0. The summed E-state index contributed by atoms with van der Waals surface area (Å²) in [5, 5.41) is 3.39. The van der Waals surface area contributed by atoms with E-state index in [0.717, 1.165) is 16.7 Å². The van der Waals surface area contributed by atoms with E-state index in [2.05, 4.69) is 28.2 Å². The molecule has 0 aliphatic rings. The third kappa shape index (κ3) is 5.95. The molecule has 0 saturated heterocycles. The number of hydrogen-bond donors (Lipinski definition) is 1. The monoisotopic (exact) mass is 341 g/mol. The number of nitrogens with one attached hydrogen (secondary N) is 1. The number of benzene rings is 1. The highest BCUT2D eigenvalue weighted by Crippen LogP contribution is 2.24. The second-order valence-corrected chi connectivity index (χ2v) is 5.61. The average Bonchev–Trinajstić information content (AvgIpc) is 2.44. The highest BCUT2D eigenvalue weighted by atomic mass is 79.9. The molecule has 3 nitrogen and oxygen atoms in total. The molecule has 1 aromatic carbocycles. The Kier molecular flexibility index (Phi) is 8.35. The summed E-state index contributed by atoms with van der Waals surface area (Å²) >= 11 is 3.49. The van der Waals surface area contributed by atoms with Crippen LogP contribution in [0.2, 0.25) is 0 Å². The molecule has 0 spiro atoms. The Morgan fingerprint density at radius 1 is 1.20 bits per heavy atom. The van der Waals surface area contributed by atoms with Crippen molar-refractivity contribution >= 4 is 27.6 Å². The van der Waals surface area contributed by atoms with Gasteiger partial charge in [-0.15, -0.1) is 0 Å². The lowest BCUT2D eigenvalue weighted by atomic mass is 10.1. The predicted molar refractivity (Wildman–Crippen MR) is 87.3 cm³/mol. The minimum atomic E-state index is -0.278. The fourth-order valence-corrected chi connectivity index (χ4v) is 2.47. The number of unbranched alkanes of at least 4 members (excludes halogenated alkanes) is 4. The molecule has 0 heterocycles. The molecule has 0 unspecified atom stereocenters. The van der Waals surface area contributed by atoms with Crippen molar-refractivity contribution in [3.8, 4) is 0 Å². The first-order chi connectivity index (χ1) is 9.69. The normalized spacial score (nSPS) is 10.3. The van der Waals surface area contributed by atoms with Crippen LogP contribution in [-0.4, -0.2) is 19.1 Å². The van der Waals surface area contributed by atoms with E-state index < -0.39 is 0 Å². The van der Waals surface area contributed by atoms with Gasteiger partial charge >= 0.3 is 5.97 Å². The molecule has 0 amide bonds. The minimum Gasteiger partial charge on any atom is -0.462 e. The Balaban J connectivity index is 2.42. The summed E-state index contributed by atoms with van der Waals surface area (Å²) in [6.45, 7) is 5.39. The second kappa shape index (κ2) is 9.81. The van der Waals surface area contributed by atoms with Gasteiger partial charge in [0.25, 0.3) is 0 Å². The zero-order valence-electron chi connectivity index (χ0n) is 12.4. The summed E-state index contributed by atoms with van der Waals surface area (Å²) in [5.74, 6) is -0.278. The lowest BCUT2D eigenvalue weighted by molar-refractivity contribution is 0.0526. The number of carbonyl (C=O) groups excluding carboxylic acids is 1. The van der Waals surface area contributed by atoms with E-state index >= 15 is 0 Å². The van der Waals surface area contributed by atoms with Crippen LogP contribution in [0.3, 0.4) is 0 Å². The highest BCUT2D eigenvalue weighted by molar-refractivity contribution is 9.10. The van der Waals surface area contributed by atoms with Crippen LogP contribution in [-0.2, 0) is 4.74 Å². The van der Waals surface area contributed by atoms with Crippen LogP contribution in [0.4, 0.5) is 5.69 Å². The Hall–Kier alpha value is -1.03. The summed E-state index contributed by atoms with van der Waals surface area (Å²) in [6, 6.07) is 5.52. The van der Waals surface area contributed by atoms with Crippen LogP contribution in [0.15, 0.2) is 22.7 Å². The summed E-state index contributed by atoms with van der Waals surface area (Å²) in [6.07, 6.45) is 6.33. The molecular formula is C16H24BrNO2. The number of rotatable bonds is 9. The number of carbonyl (C=O) groups is 1. The lowest BCUT2D eigenvalue weighted by Gasteiger charge is -2.10. The first kappa shape index (κ1) is 17.0. The largest absolute Gasteiger partial charge is 0.462 e. The van der Waals surface area contributed by atoms with Gasteiger partial charge in [0.15, 0.2) is 0 Å². The molecule has 0 aliphatic carbocycles. The Morgan fingerprint density at radius 3 is 2.60 bits per heavy atom. The van der Waals surface area contributed by atoms with E-state index in [9.17, 15) is 4.79 Å². The van der Waals surface area contributed by atoms with Crippen LogP contribution < -0.4 is 5.32 Å². The van der Waals surface area contributed by atoms with E-state index in [4.69, 9.17) is 4.74 Å². The fourth-order valence-electron chi connectivity index (χ4n) is 1.95. The van der Waals surface area contributed by atoms with Gasteiger partial charge in [-0.3, -0.25) is 0 Å². The van der Waals surface area contributed by atoms with Crippen molar-refractivity contribution in [3.63, 3.8) is 0 Å². The van der Waals surface area contributed by atoms with Crippen LogP contribution in [0.1, 0.15) is 56.3 Å². The maximum absolute atomic E-state index is 11.6. The molecule has 0 atom stereocenters. The van der Waals surface area contributed by atoms with Crippen molar-refractivity contribution in [1.29, 1.82) is 0 Å². The summed E-state index contributed by atoms with van der Waals surface area (Å²) in [4.78, 5) is 11.6. The zero-order chi connectivity index (χ0) is 14.8. The van der Waals surface area contributed by atoms with E-state index in [-0.39, 0.29) is 5.97 Å². The van der Waals surface area contributed by atoms with Gasteiger partial charge in [-0.2, -0.15) is 0 Å². The van der Waals surface area contributed by atoms with E-state index in [1.807, 2.05) is 6.07 Å². The maximum Gasteiger partial charge on any atom is 0.338 e. The number of hydrogen-bond acceptors (Lipinski definition) is 3. The molecule has 0 aromatic heterocycles. The van der Waals surface area contributed by atoms with Crippen molar-refractivity contribution in [2.24, 2.45) is 0 Å². The Bertz CT molecular complexity index is 421. The SMILES string of the molecule is CCCCCCCNc1ccc(C(=O)OCC)cc1Br. The van der Waals surface area contributed by atoms with Gasteiger partial charge in [0.05, 0.1) is 12.2 Å². The molecule has 1 aromatic rings. The lowest BCUT2D eigenvalue weighted by Crippen LogP contribution is -2.06. The molecule has 0 bridgehead atoms. The molecule has 1 N–H and O–H groups in total. The number of halogens is 1. The number of esters is 1. The summed E-state index contributed by atoms with van der Waals surface area (Å²) in [5.41, 5.74) is 1.60. The van der Waals surface area contributed by atoms with Crippen LogP contribution in [0.5, 0.6) is 0 Å². The van der Waals surface area contributed by atoms with Gasteiger partial charge in [0.2, 0.25) is 0 Å². The molecule has 112 valence electrons. The molecule has 0 saturated carbocycles. The van der Waals surface area contributed by atoms with Gasteiger partial charge in [0, 0.05) is 16.7 Å². The van der Waals surface area contributed by atoms with E-state index in [1.165, 1.54) is 32.1 Å². The minimum absolute atomic E-state index is 0.278. The smallest absolute Gasteiger partial charge is 0.338 e. The van der Waals surface area contributed by atoms with Gasteiger partial charge < -0.3 is 10.1 Å². The topological polar surface area (TPSA) is 38.3 Å². The van der Waals surface area contributed by atoms with Gasteiger partial charge in [-0.25, -0.2) is 4.79 Å². The molecular weight excluding hydrogens is 318 g/mol. The highest BCUT2D eigenvalue weighted by Gasteiger charge is 2.08. The van der Waals surface area contributed by atoms with Gasteiger partial charge in [-0.05, 0) is 47.5 Å². The van der Waals surface area contributed by atoms with Crippen molar-refractivity contribution < 1.29 is 9.53 Å². The first-order valence-corrected chi connectivity index (χ1v) is 8.18. The van der Waals surface area contributed by atoms with Crippen molar-refractivity contribution in [2.45, 2.75) is 46.0 Å². The second-order valence-electron chi connectivity index (χ2n) is 4.76. The molecule has 4 heteroatoms. The summed E-state index contributed by atoms with van der Waals surface area (Å²) < 4.78 is 5.88. The Labute approximate surface area is 130 Å². The Morgan fingerprint density at radius 2 is 1.95 bits per heavy atom.